The molecule has 1 saturated heterocycles. The first-order chi connectivity index (χ1) is 13.8. The Kier molecular flexibility index (Phi) is 4.72. The van der Waals surface area contributed by atoms with Crippen molar-refractivity contribution in [3.05, 3.63) is 22.2 Å². The Morgan fingerprint density at radius 1 is 1.14 bits per heavy atom. The second-order valence-electron chi connectivity index (χ2n) is 9.13. The van der Waals surface area contributed by atoms with Crippen LogP contribution in [0.25, 0.3) is 0 Å². The van der Waals surface area contributed by atoms with Gasteiger partial charge in [0.05, 0.1) is 22.8 Å². The van der Waals surface area contributed by atoms with Gasteiger partial charge in [-0.3, -0.25) is 4.90 Å². The van der Waals surface area contributed by atoms with Crippen molar-refractivity contribution in [2.45, 2.75) is 76.4 Å². The lowest BCUT2D eigenvalue weighted by atomic mass is 9.80. The predicted molar refractivity (Wildman–Crippen MR) is 108 cm³/mol. The molecule has 3 fully saturated rings. The Hall–Kier alpha value is -1.50. The first-order valence-corrected chi connectivity index (χ1v) is 11.1. The third kappa shape index (κ3) is 3.49. The smallest absolute Gasteiger partial charge is 0.336 e. The van der Waals surface area contributed by atoms with E-state index in [1.807, 2.05) is 6.92 Å². The molecule has 4 aliphatic rings. The average Bonchev–Trinajstić information content (AvgIpc) is 3.40. The summed E-state index contributed by atoms with van der Waals surface area (Å²) in [6.45, 7) is 5.83. The van der Waals surface area contributed by atoms with Gasteiger partial charge < -0.3 is 19.3 Å². The Labute approximate surface area is 176 Å². The summed E-state index contributed by atoms with van der Waals surface area (Å²) in [6, 6.07) is 2.07. The fourth-order valence-corrected chi connectivity index (χ4v) is 5.26. The number of rotatable bonds is 5. The van der Waals surface area contributed by atoms with Crippen molar-refractivity contribution in [1.82, 2.24) is 4.90 Å². The number of hydrogen-bond acceptors (Lipinski definition) is 5. The van der Waals surface area contributed by atoms with E-state index in [0.29, 0.717) is 40.3 Å². The Morgan fingerprint density at radius 3 is 2.41 bits per heavy atom. The van der Waals surface area contributed by atoms with Crippen molar-refractivity contribution in [3.63, 3.8) is 0 Å². The Balaban J connectivity index is 1.21. The quantitative estimate of drug-likeness (QED) is 0.766. The molecule has 1 N–H and O–H groups in total. The number of likely N-dealkylation sites (tertiary alicyclic amines) is 1. The van der Waals surface area contributed by atoms with E-state index in [2.05, 4.69) is 4.90 Å². The van der Waals surface area contributed by atoms with Gasteiger partial charge in [-0.1, -0.05) is 11.6 Å². The number of carboxylic acid groups (broad SMARTS) is 1. The average molecular weight is 422 g/mol. The fourth-order valence-electron chi connectivity index (χ4n) is 5.03. The van der Waals surface area contributed by atoms with Crippen molar-refractivity contribution in [2.75, 3.05) is 13.1 Å². The number of ether oxygens (including phenoxy) is 3. The van der Waals surface area contributed by atoms with Gasteiger partial charge in [0.2, 0.25) is 0 Å². The van der Waals surface area contributed by atoms with Crippen LogP contribution in [0.15, 0.2) is 6.07 Å². The van der Waals surface area contributed by atoms with Crippen molar-refractivity contribution in [2.24, 2.45) is 5.92 Å². The van der Waals surface area contributed by atoms with Crippen LogP contribution in [0.1, 0.15) is 61.4 Å². The summed E-state index contributed by atoms with van der Waals surface area (Å²) in [4.78, 5) is 14.0. The van der Waals surface area contributed by atoms with Crippen molar-refractivity contribution < 1.29 is 24.1 Å². The van der Waals surface area contributed by atoms with Crippen molar-refractivity contribution >= 4 is 17.6 Å². The number of hydrogen-bond donors (Lipinski definition) is 1. The summed E-state index contributed by atoms with van der Waals surface area (Å²) in [7, 11) is 0. The zero-order chi connectivity index (χ0) is 20.3. The summed E-state index contributed by atoms with van der Waals surface area (Å²) in [5, 5.41) is 9.71. The highest BCUT2D eigenvalue weighted by atomic mass is 35.5. The van der Waals surface area contributed by atoms with E-state index in [-0.39, 0.29) is 11.5 Å². The summed E-state index contributed by atoms with van der Waals surface area (Å²) in [6.07, 6.45) is 7.71. The number of fused-ring (bicyclic) bond motifs is 1. The maximum Gasteiger partial charge on any atom is 0.336 e. The van der Waals surface area contributed by atoms with Crippen LogP contribution in [0, 0.1) is 12.8 Å². The van der Waals surface area contributed by atoms with Gasteiger partial charge in [-0.15, -0.1) is 0 Å². The zero-order valence-electron chi connectivity index (χ0n) is 16.9. The zero-order valence-corrected chi connectivity index (χ0v) is 17.7. The van der Waals surface area contributed by atoms with Crippen LogP contribution in [0.4, 0.5) is 0 Å². The third-order valence-electron chi connectivity index (χ3n) is 7.02. The summed E-state index contributed by atoms with van der Waals surface area (Å²) < 4.78 is 18.4. The van der Waals surface area contributed by atoms with Crippen molar-refractivity contribution in [1.29, 1.82) is 0 Å². The van der Waals surface area contributed by atoms with Crippen LogP contribution >= 0.6 is 11.6 Å². The standard InChI is InChI=1S/C22H28ClNO5/c1-12-17(21(25)26)9-18(23)20-19(12)28-22(2,29-20)13-3-5-14(6-4-13)24-10-16(11-24)27-15-7-8-15/h9,13-16H,3-8,10-11H2,1-2H3,(H,25,26). The molecule has 29 heavy (non-hydrogen) atoms. The molecule has 0 amide bonds. The summed E-state index contributed by atoms with van der Waals surface area (Å²) in [5.41, 5.74) is 0.725. The van der Waals surface area contributed by atoms with Crippen LogP contribution in [-0.2, 0) is 4.74 Å². The molecule has 1 atom stereocenters. The molecular weight excluding hydrogens is 394 g/mol. The maximum atomic E-state index is 11.5. The molecule has 1 unspecified atom stereocenters. The Bertz CT molecular complexity index is 827. The number of carboxylic acids is 1. The van der Waals surface area contributed by atoms with Gasteiger partial charge in [-0.2, -0.15) is 0 Å². The van der Waals surface area contributed by atoms with E-state index < -0.39 is 11.8 Å². The molecule has 2 saturated carbocycles. The second kappa shape index (κ2) is 7.03. The number of halogens is 1. The van der Waals surface area contributed by atoms with E-state index in [0.717, 1.165) is 38.8 Å². The van der Waals surface area contributed by atoms with E-state index in [1.54, 1.807) is 6.92 Å². The molecule has 7 heteroatoms. The summed E-state index contributed by atoms with van der Waals surface area (Å²) in [5.74, 6) is -0.618. The largest absolute Gasteiger partial charge is 0.478 e. The molecule has 6 nitrogen and oxygen atoms in total. The van der Waals surface area contributed by atoms with Crippen LogP contribution in [0.2, 0.25) is 5.02 Å². The molecule has 2 heterocycles. The Morgan fingerprint density at radius 2 is 1.79 bits per heavy atom. The lowest BCUT2D eigenvalue weighted by molar-refractivity contribution is -0.133. The van der Waals surface area contributed by atoms with Gasteiger partial charge >= 0.3 is 5.97 Å². The number of carbonyl (C=O) groups is 1. The van der Waals surface area contributed by atoms with Gasteiger partial charge in [0.15, 0.2) is 11.5 Å². The molecule has 0 radical (unpaired) electrons. The highest BCUT2D eigenvalue weighted by Gasteiger charge is 2.48. The maximum absolute atomic E-state index is 11.5. The molecule has 1 aromatic carbocycles. The first-order valence-electron chi connectivity index (χ1n) is 10.7. The van der Waals surface area contributed by atoms with Crippen molar-refractivity contribution in [3.8, 4) is 11.5 Å². The number of aromatic carboxylic acids is 1. The molecular formula is C22H28ClNO5. The monoisotopic (exact) mass is 421 g/mol. The van der Waals surface area contributed by atoms with E-state index in [9.17, 15) is 9.90 Å². The van der Waals surface area contributed by atoms with Gasteiger partial charge in [0.25, 0.3) is 5.79 Å². The minimum absolute atomic E-state index is 0.158. The van der Waals surface area contributed by atoms with Gasteiger partial charge in [-0.05, 0) is 51.5 Å². The number of benzene rings is 1. The van der Waals surface area contributed by atoms with E-state index >= 15 is 0 Å². The van der Waals surface area contributed by atoms with Crippen LogP contribution in [0.3, 0.4) is 0 Å². The van der Waals surface area contributed by atoms with Gasteiger partial charge in [0, 0.05) is 37.5 Å². The topological polar surface area (TPSA) is 68.2 Å². The van der Waals surface area contributed by atoms with E-state index in [4.69, 9.17) is 25.8 Å². The molecule has 158 valence electrons. The molecule has 2 aliphatic carbocycles. The molecule has 0 aromatic heterocycles. The van der Waals surface area contributed by atoms with Crippen LogP contribution < -0.4 is 9.47 Å². The molecule has 5 rings (SSSR count). The molecule has 1 aromatic rings. The lowest BCUT2D eigenvalue weighted by Crippen LogP contribution is -2.58. The first kappa shape index (κ1) is 19.5. The molecule has 0 bridgehead atoms. The predicted octanol–water partition coefficient (Wildman–Crippen LogP) is 4.26. The fraction of sp³-hybridized carbons (Fsp3) is 0.682. The van der Waals surface area contributed by atoms with Gasteiger partial charge in [-0.25, -0.2) is 4.79 Å². The van der Waals surface area contributed by atoms with Gasteiger partial charge in [0.1, 0.15) is 0 Å². The number of nitrogens with zero attached hydrogens (tertiary/aromatic N) is 1. The SMILES string of the molecule is Cc1c(C(=O)O)cc(Cl)c2c1OC(C)(C1CCC(N3CC(OC4CC4)C3)CC1)O2. The lowest BCUT2D eigenvalue weighted by Gasteiger charge is -2.47. The third-order valence-corrected chi connectivity index (χ3v) is 7.30. The highest BCUT2D eigenvalue weighted by molar-refractivity contribution is 6.32. The minimum Gasteiger partial charge on any atom is -0.478 e. The highest BCUT2D eigenvalue weighted by Crippen LogP contribution is 2.51. The molecule has 0 spiro atoms. The van der Waals surface area contributed by atoms with Crippen LogP contribution in [-0.4, -0.2) is 53.1 Å². The molecule has 2 aliphatic heterocycles. The second-order valence-corrected chi connectivity index (χ2v) is 9.54. The minimum atomic E-state index is -1.01. The van der Waals surface area contributed by atoms with Crippen LogP contribution in [0.5, 0.6) is 11.5 Å². The normalized spacial score (nSPS) is 32.2. The van der Waals surface area contributed by atoms with E-state index in [1.165, 1.54) is 18.9 Å². The summed E-state index contributed by atoms with van der Waals surface area (Å²) >= 11 is 6.32.